The van der Waals surface area contributed by atoms with E-state index >= 15 is 0 Å². The van der Waals surface area contributed by atoms with Crippen LogP contribution in [0.3, 0.4) is 0 Å². The molecule has 0 aromatic heterocycles. The van der Waals surface area contributed by atoms with Gasteiger partial charge in [-0.3, -0.25) is 0 Å². The molecule has 1 heteroatoms. The molecular weight excluding hydrogens is 148 g/mol. The van der Waals surface area contributed by atoms with Crippen molar-refractivity contribution >= 4 is 0 Å². The molecule has 1 aliphatic rings. The van der Waals surface area contributed by atoms with Gasteiger partial charge in [-0.2, -0.15) is 0 Å². The zero-order valence-corrected chi connectivity index (χ0v) is 8.10. The van der Waals surface area contributed by atoms with Crippen LogP contribution in [-0.4, -0.2) is 12.7 Å². The summed E-state index contributed by atoms with van der Waals surface area (Å²) in [6, 6.07) is 0. The van der Waals surface area contributed by atoms with Gasteiger partial charge in [-0.1, -0.05) is 0 Å². The fraction of sp³-hybridized carbons (Fsp3) is 0.818. The maximum atomic E-state index is 5.62. The molecule has 1 fully saturated rings. The highest BCUT2D eigenvalue weighted by Gasteiger charge is 2.23. The Kier molecular flexibility index (Phi) is 3.17. The summed E-state index contributed by atoms with van der Waals surface area (Å²) in [5, 5.41) is 0. The smallest absolute Gasteiger partial charge is 0.0589 e. The highest BCUT2D eigenvalue weighted by atomic mass is 16.5. The summed E-state index contributed by atoms with van der Waals surface area (Å²) < 4.78 is 5.62. The molecule has 1 heterocycles. The fourth-order valence-corrected chi connectivity index (χ4v) is 1.60. The van der Waals surface area contributed by atoms with E-state index in [0.717, 1.165) is 13.0 Å². The topological polar surface area (TPSA) is 9.23 Å². The van der Waals surface area contributed by atoms with Crippen molar-refractivity contribution in [3.63, 3.8) is 0 Å². The minimum Gasteiger partial charge on any atom is -0.378 e. The first-order chi connectivity index (χ1) is 5.64. The minimum absolute atomic E-state index is 0.00199. The SMILES string of the molecule is C#CC(C)(C)C[C@@H]1CCCCO1. The van der Waals surface area contributed by atoms with Gasteiger partial charge in [0, 0.05) is 12.0 Å². The van der Waals surface area contributed by atoms with Crippen LogP contribution in [0.1, 0.15) is 39.5 Å². The van der Waals surface area contributed by atoms with E-state index in [2.05, 4.69) is 19.8 Å². The molecule has 1 saturated heterocycles. The largest absolute Gasteiger partial charge is 0.378 e. The number of ether oxygens (including phenoxy) is 1. The summed E-state index contributed by atoms with van der Waals surface area (Å²) in [6.07, 6.45) is 10.5. The fourth-order valence-electron chi connectivity index (χ4n) is 1.60. The lowest BCUT2D eigenvalue weighted by Crippen LogP contribution is -2.25. The van der Waals surface area contributed by atoms with Crippen molar-refractivity contribution in [3.8, 4) is 12.3 Å². The van der Waals surface area contributed by atoms with Crippen LogP contribution in [0.25, 0.3) is 0 Å². The molecule has 0 aromatic rings. The molecule has 0 spiro atoms. The molecule has 0 amide bonds. The van der Waals surface area contributed by atoms with Gasteiger partial charge in [0.2, 0.25) is 0 Å². The van der Waals surface area contributed by atoms with E-state index in [4.69, 9.17) is 11.2 Å². The molecule has 1 rings (SSSR count). The normalized spacial score (nSPS) is 24.9. The van der Waals surface area contributed by atoms with E-state index < -0.39 is 0 Å². The van der Waals surface area contributed by atoms with Crippen molar-refractivity contribution in [1.29, 1.82) is 0 Å². The lowest BCUT2D eigenvalue weighted by molar-refractivity contribution is -0.00223. The van der Waals surface area contributed by atoms with Crippen molar-refractivity contribution in [2.24, 2.45) is 5.41 Å². The summed E-state index contributed by atoms with van der Waals surface area (Å²) in [5.41, 5.74) is 0.00199. The van der Waals surface area contributed by atoms with Gasteiger partial charge in [-0.15, -0.1) is 12.3 Å². The molecule has 0 aromatic carbocycles. The second kappa shape index (κ2) is 3.96. The summed E-state index contributed by atoms with van der Waals surface area (Å²) in [7, 11) is 0. The van der Waals surface area contributed by atoms with E-state index in [0.29, 0.717) is 6.10 Å². The minimum atomic E-state index is 0.00199. The van der Waals surface area contributed by atoms with Gasteiger partial charge in [0.05, 0.1) is 6.10 Å². The molecule has 1 aliphatic heterocycles. The van der Waals surface area contributed by atoms with E-state index in [9.17, 15) is 0 Å². The quantitative estimate of drug-likeness (QED) is 0.573. The van der Waals surface area contributed by atoms with Crippen LogP contribution in [0, 0.1) is 17.8 Å². The first-order valence-corrected chi connectivity index (χ1v) is 4.73. The van der Waals surface area contributed by atoms with Crippen LogP contribution in [0.4, 0.5) is 0 Å². The number of hydrogen-bond acceptors (Lipinski definition) is 1. The van der Waals surface area contributed by atoms with Gasteiger partial charge in [0.25, 0.3) is 0 Å². The molecule has 1 nitrogen and oxygen atoms in total. The lowest BCUT2D eigenvalue weighted by Gasteiger charge is -2.28. The third kappa shape index (κ3) is 2.87. The number of terminal acetylenes is 1. The number of hydrogen-bond donors (Lipinski definition) is 0. The van der Waals surface area contributed by atoms with Crippen LogP contribution in [0.5, 0.6) is 0 Å². The lowest BCUT2D eigenvalue weighted by atomic mass is 9.86. The van der Waals surface area contributed by atoms with Crippen LogP contribution in [0.15, 0.2) is 0 Å². The summed E-state index contributed by atoms with van der Waals surface area (Å²) in [4.78, 5) is 0. The second-order valence-electron chi connectivity index (χ2n) is 4.22. The Balaban J connectivity index is 2.35. The predicted octanol–water partition coefficient (Wildman–Crippen LogP) is 2.61. The Hall–Kier alpha value is -0.480. The maximum absolute atomic E-state index is 5.62. The van der Waals surface area contributed by atoms with Crippen molar-refractivity contribution in [3.05, 3.63) is 0 Å². The zero-order valence-electron chi connectivity index (χ0n) is 8.10. The number of rotatable bonds is 2. The molecular formula is C11H18O. The molecule has 0 bridgehead atoms. The molecule has 0 N–H and O–H groups in total. The van der Waals surface area contributed by atoms with Crippen LogP contribution < -0.4 is 0 Å². The van der Waals surface area contributed by atoms with Crippen molar-refractivity contribution in [1.82, 2.24) is 0 Å². The van der Waals surface area contributed by atoms with Crippen molar-refractivity contribution < 1.29 is 4.74 Å². The van der Waals surface area contributed by atoms with E-state index in [1.165, 1.54) is 19.3 Å². The molecule has 0 saturated carbocycles. The van der Waals surface area contributed by atoms with E-state index in [1.807, 2.05) is 0 Å². The van der Waals surface area contributed by atoms with E-state index in [1.54, 1.807) is 0 Å². The second-order valence-corrected chi connectivity index (χ2v) is 4.22. The standard InChI is InChI=1S/C11H18O/c1-4-11(2,3)9-10-7-5-6-8-12-10/h1,10H,5-9H2,2-3H3/t10-/m0/s1. The van der Waals surface area contributed by atoms with Gasteiger partial charge in [0.15, 0.2) is 0 Å². The molecule has 0 radical (unpaired) electrons. The third-order valence-corrected chi connectivity index (χ3v) is 2.40. The van der Waals surface area contributed by atoms with Crippen LogP contribution >= 0.6 is 0 Å². The van der Waals surface area contributed by atoms with Crippen LogP contribution in [0.2, 0.25) is 0 Å². The van der Waals surface area contributed by atoms with Gasteiger partial charge < -0.3 is 4.74 Å². The highest BCUT2D eigenvalue weighted by Crippen LogP contribution is 2.27. The molecule has 0 unspecified atom stereocenters. The molecule has 1 atom stereocenters. The Morgan fingerprint density at radius 1 is 1.50 bits per heavy atom. The van der Waals surface area contributed by atoms with Crippen LogP contribution in [-0.2, 0) is 4.74 Å². The average molecular weight is 166 g/mol. The van der Waals surface area contributed by atoms with Gasteiger partial charge in [-0.05, 0) is 39.5 Å². The highest BCUT2D eigenvalue weighted by molar-refractivity contribution is 5.01. The summed E-state index contributed by atoms with van der Waals surface area (Å²) in [6.45, 7) is 5.13. The van der Waals surface area contributed by atoms with Crippen molar-refractivity contribution in [2.75, 3.05) is 6.61 Å². The van der Waals surface area contributed by atoms with Gasteiger partial charge in [0.1, 0.15) is 0 Å². The Morgan fingerprint density at radius 2 is 2.25 bits per heavy atom. The third-order valence-electron chi connectivity index (χ3n) is 2.40. The predicted molar refractivity (Wildman–Crippen MR) is 50.8 cm³/mol. The molecule has 12 heavy (non-hydrogen) atoms. The van der Waals surface area contributed by atoms with E-state index in [-0.39, 0.29) is 5.41 Å². The molecule has 68 valence electrons. The van der Waals surface area contributed by atoms with Crippen molar-refractivity contribution in [2.45, 2.75) is 45.6 Å². The molecule has 0 aliphatic carbocycles. The summed E-state index contributed by atoms with van der Waals surface area (Å²) >= 11 is 0. The Morgan fingerprint density at radius 3 is 2.75 bits per heavy atom. The van der Waals surface area contributed by atoms with Gasteiger partial charge in [-0.25, -0.2) is 0 Å². The monoisotopic (exact) mass is 166 g/mol. The maximum Gasteiger partial charge on any atom is 0.0589 e. The Labute approximate surface area is 75.5 Å². The first kappa shape index (κ1) is 9.61. The average Bonchev–Trinajstić information content (AvgIpc) is 2.06. The summed E-state index contributed by atoms with van der Waals surface area (Å²) in [5.74, 6) is 2.81. The van der Waals surface area contributed by atoms with Gasteiger partial charge >= 0.3 is 0 Å². The zero-order chi connectivity index (χ0) is 9.03. The Bertz CT molecular complexity index is 170. The first-order valence-electron chi connectivity index (χ1n) is 4.73.